The molecule has 0 aliphatic rings. The van der Waals surface area contributed by atoms with Crippen LogP contribution in [0.15, 0.2) is 29.7 Å². The summed E-state index contributed by atoms with van der Waals surface area (Å²) in [6.07, 6.45) is 3.91. The fourth-order valence-electron chi connectivity index (χ4n) is 3.66. The highest BCUT2D eigenvalue weighted by Gasteiger charge is 2.17. The number of hydrogen-bond acceptors (Lipinski definition) is 8. The molecular formula is C22H26N6O4. The van der Waals surface area contributed by atoms with Crippen molar-refractivity contribution < 1.29 is 19.4 Å². The molecule has 0 unspecified atom stereocenters. The van der Waals surface area contributed by atoms with E-state index in [9.17, 15) is 5.11 Å². The maximum absolute atomic E-state index is 9.20. The summed E-state index contributed by atoms with van der Waals surface area (Å²) in [5, 5.41) is 18.6. The Morgan fingerprint density at radius 1 is 1.12 bits per heavy atom. The summed E-state index contributed by atoms with van der Waals surface area (Å²) in [5.74, 6) is 1.77. The number of aromatic nitrogens is 5. The molecule has 10 heteroatoms. The van der Waals surface area contributed by atoms with Crippen LogP contribution >= 0.6 is 0 Å². The normalized spacial score (nSPS) is 11.7. The summed E-state index contributed by atoms with van der Waals surface area (Å²) in [5.41, 5.74) is 4.58. The molecule has 0 atom stereocenters. The predicted molar refractivity (Wildman–Crippen MR) is 119 cm³/mol. The van der Waals surface area contributed by atoms with E-state index in [0.29, 0.717) is 30.3 Å². The fourth-order valence-corrected chi connectivity index (χ4v) is 3.66. The number of oxime groups is 1. The molecule has 4 aromatic rings. The van der Waals surface area contributed by atoms with Gasteiger partial charge in [0.05, 0.1) is 25.8 Å². The Kier molecular flexibility index (Phi) is 6.22. The minimum absolute atomic E-state index is 0.121. The number of benzene rings is 1. The zero-order valence-electron chi connectivity index (χ0n) is 18.6. The van der Waals surface area contributed by atoms with Crippen LogP contribution in [-0.4, -0.2) is 56.3 Å². The lowest BCUT2D eigenvalue weighted by atomic mass is 10.2. The average Bonchev–Trinajstić information content (AvgIpc) is 3.33. The van der Waals surface area contributed by atoms with Crippen molar-refractivity contribution in [3.63, 3.8) is 0 Å². The zero-order chi connectivity index (χ0) is 22.7. The molecule has 3 heterocycles. The summed E-state index contributed by atoms with van der Waals surface area (Å²) < 4.78 is 14.3. The summed E-state index contributed by atoms with van der Waals surface area (Å²) in [6.45, 7) is 5.05. The van der Waals surface area contributed by atoms with Gasteiger partial charge >= 0.3 is 0 Å². The van der Waals surface area contributed by atoms with E-state index in [2.05, 4.69) is 24.8 Å². The quantitative estimate of drug-likeness (QED) is 0.316. The number of ether oxygens (including phenoxy) is 2. The monoisotopic (exact) mass is 438 g/mol. The molecule has 0 aliphatic carbocycles. The van der Waals surface area contributed by atoms with Gasteiger partial charge in [-0.05, 0) is 44.0 Å². The average molecular weight is 438 g/mol. The van der Waals surface area contributed by atoms with Crippen molar-refractivity contribution in [2.75, 3.05) is 20.8 Å². The molecule has 1 aromatic carbocycles. The molecule has 0 fully saturated rings. The lowest BCUT2D eigenvalue weighted by Crippen LogP contribution is -2.03. The van der Waals surface area contributed by atoms with E-state index in [4.69, 9.17) is 14.3 Å². The molecule has 168 valence electrons. The fraction of sp³-hybridized carbons (Fsp3) is 0.364. The second kappa shape index (κ2) is 9.23. The molecule has 0 radical (unpaired) electrons. The van der Waals surface area contributed by atoms with Gasteiger partial charge < -0.3 is 24.0 Å². The van der Waals surface area contributed by atoms with Crippen LogP contribution in [0.2, 0.25) is 0 Å². The van der Waals surface area contributed by atoms with Gasteiger partial charge in [0, 0.05) is 24.4 Å². The third-order valence-electron chi connectivity index (χ3n) is 5.41. The molecule has 0 aliphatic heterocycles. The van der Waals surface area contributed by atoms with Crippen LogP contribution in [0.5, 0.6) is 11.5 Å². The van der Waals surface area contributed by atoms with Gasteiger partial charge in [0.25, 0.3) is 0 Å². The summed E-state index contributed by atoms with van der Waals surface area (Å²) in [4.78, 5) is 14.6. The molecule has 0 saturated carbocycles. The molecular weight excluding hydrogens is 412 g/mol. The van der Waals surface area contributed by atoms with E-state index in [0.717, 1.165) is 33.5 Å². The zero-order valence-corrected chi connectivity index (χ0v) is 18.6. The largest absolute Gasteiger partial charge is 0.493 e. The third-order valence-corrected chi connectivity index (χ3v) is 5.41. The van der Waals surface area contributed by atoms with Crippen molar-refractivity contribution in [1.82, 2.24) is 24.1 Å². The van der Waals surface area contributed by atoms with E-state index < -0.39 is 0 Å². The van der Waals surface area contributed by atoms with Gasteiger partial charge in [0.15, 0.2) is 29.6 Å². The van der Waals surface area contributed by atoms with Crippen LogP contribution in [-0.2, 0) is 18.0 Å². The van der Waals surface area contributed by atoms with Gasteiger partial charge in [-0.2, -0.15) is 0 Å². The standard InChI is InChI=1S/C22H26N6O4/c1-14-15(2)27(8-5-9-29)21-20(14)22-25-19(26-28(22)13-23-21)12-32-24-11-16-6-7-17(30-3)18(10-16)31-4/h6-7,10-11,13,29H,5,8-9,12H2,1-4H3/b24-11-. The Bertz CT molecular complexity index is 1280. The maximum Gasteiger partial charge on any atom is 0.192 e. The van der Waals surface area contributed by atoms with Crippen molar-refractivity contribution in [2.45, 2.75) is 33.4 Å². The predicted octanol–water partition coefficient (Wildman–Crippen LogP) is 2.65. The topological polar surface area (TPSA) is 108 Å². The Balaban J connectivity index is 1.53. The van der Waals surface area contributed by atoms with Crippen LogP contribution in [0.3, 0.4) is 0 Å². The molecule has 10 nitrogen and oxygen atoms in total. The highest BCUT2D eigenvalue weighted by molar-refractivity contribution is 5.93. The summed E-state index contributed by atoms with van der Waals surface area (Å²) >= 11 is 0. The van der Waals surface area contributed by atoms with Crippen molar-refractivity contribution in [1.29, 1.82) is 0 Å². The van der Waals surface area contributed by atoms with Crippen molar-refractivity contribution in [3.05, 3.63) is 47.2 Å². The van der Waals surface area contributed by atoms with Crippen molar-refractivity contribution >= 4 is 22.9 Å². The summed E-state index contributed by atoms with van der Waals surface area (Å²) in [7, 11) is 3.17. The van der Waals surface area contributed by atoms with Crippen LogP contribution in [0, 0.1) is 13.8 Å². The number of nitrogens with zero attached hydrogens (tertiary/aromatic N) is 6. The smallest absolute Gasteiger partial charge is 0.192 e. The minimum Gasteiger partial charge on any atom is -0.493 e. The van der Waals surface area contributed by atoms with Crippen LogP contribution < -0.4 is 9.47 Å². The second-order valence-electron chi connectivity index (χ2n) is 7.30. The van der Waals surface area contributed by atoms with E-state index >= 15 is 0 Å². The van der Waals surface area contributed by atoms with E-state index in [-0.39, 0.29) is 13.2 Å². The Hall–Kier alpha value is -3.66. The Morgan fingerprint density at radius 3 is 2.69 bits per heavy atom. The Morgan fingerprint density at radius 2 is 1.94 bits per heavy atom. The number of aryl methyl sites for hydroxylation is 2. The van der Waals surface area contributed by atoms with Gasteiger partial charge in [0.2, 0.25) is 0 Å². The molecule has 3 aromatic heterocycles. The molecule has 0 saturated heterocycles. The number of aliphatic hydroxyl groups is 1. The van der Waals surface area contributed by atoms with Crippen molar-refractivity contribution in [2.24, 2.45) is 5.16 Å². The molecule has 32 heavy (non-hydrogen) atoms. The highest BCUT2D eigenvalue weighted by Crippen LogP contribution is 2.28. The van der Waals surface area contributed by atoms with Crippen LogP contribution in [0.4, 0.5) is 0 Å². The number of rotatable bonds is 9. The van der Waals surface area contributed by atoms with Gasteiger partial charge in [-0.1, -0.05) is 5.16 Å². The number of methoxy groups -OCH3 is 2. The first-order chi connectivity index (χ1) is 15.6. The third kappa shape index (κ3) is 3.96. The van der Waals surface area contributed by atoms with E-state index in [1.54, 1.807) is 37.3 Å². The van der Waals surface area contributed by atoms with E-state index in [1.807, 2.05) is 26.0 Å². The van der Waals surface area contributed by atoms with Gasteiger partial charge in [0.1, 0.15) is 12.0 Å². The number of hydrogen-bond donors (Lipinski definition) is 1. The Labute approximate surface area is 185 Å². The minimum atomic E-state index is 0.121. The maximum atomic E-state index is 9.20. The van der Waals surface area contributed by atoms with Crippen molar-refractivity contribution in [3.8, 4) is 11.5 Å². The lowest BCUT2D eigenvalue weighted by Gasteiger charge is -2.07. The first kappa shape index (κ1) is 21.6. The highest BCUT2D eigenvalue weighted by atomic mass is 16.6. The van der Waals surface area contributed by atoms with Crippen LogP contribution in [0.1, 0.15) is 29.1 Å². The number of fused-ring (bicyclic) bond motifs is 3. The second-order valence-corrected chi connectivity index (χ2v) is 7.30. The molecule has 1 N–H and O–H groups in total. The molecule has 0 spiro atoms. The SMILES string of the molecule is COc1ccc(/C=N\OCc2nc3c4c(C)c(C)n(CCCO)c4ncn3n2)cc1OC. The molecule has 0 bridgehead atoms. The molecule has 4 rings (SSSR count). The number of aliphatic hydroxyl groups excluding tert-OH is 1. The summed E-state index contributed by atoms with van der Waals surface area (Å²) in [6, 6.07) is 5.47. The lowest BCUT2D eigenvalue weighted by molar-refractivity contribution is 0.126. The van der Waals surface area contributed by atoms with Gasteiger partial charge in [-0.25, -0.2) is 14.5 Å². The first-order valence-corrected chi connectivity index (χ1v) is 10.2. The van der Waals surface area contributed by atoms with Gasteiger partial charge in [-0.15, -0.1) is 5.10 Å². The van der Waals surface area contributed by atoms with E-state index in [1.165, 1.54) is 0 Å². The van der Waals surface area contributed by atoms with Gasteiger partial charge in [-0.3, -0.25) is 0 Å². The molecule has 0 amide bonds. The van der Waals surface area contributed by atoms with Crippen LogP contribution in [0.25, 0.3) is 16.7 Å². The first-order valence-electron chi connectivity index (χ1n) is 10.2.